The first-order valence-corrected chi connectivity index (χ1v) is 8.27. The predicted molar refractivity (Wildman–Crippen MR) is 82.7 cm³/mol. The van der Waals surface area contributed by atoms with E-state index in [4.69, 9.17) is 17.3 Å². The Morgan fingerprint density at radius 2 is 2.14 bits per heavy atom. The van der Waals surface area contributed by atoms with E-state index in [0.717, 1.165) is 5.56 Å². The average Bonchev–Trinajstić information content (AvgIpc) is 2.77. The van der Waals surface area contributed by atoms with Gasteiger partial charge in [0.2, 0.25) is 0 Å². The Balaban J connectivity index is 2.38. The number of sulfonamides is 1. The highest BCUT2D eigenvalue weighted by molar-refractivity contribution is 7.92. The third kappa shape index (κ3) is 3.37. The van der Waals surface area contributed by atoms with Gasteiger partial charge in [-0.05, 0) is 24.1 Å². The number of nitrogens with one attached hydrogen (secondary N) is 1. The maximum Gasteiger partial charge on any atom is 0.263 e. The minimum absolute atomic E-state index is 0.0206. The van der Waals surface area contributed by atoms with E-state index < -0.39 is 10.0 Å². The zero-order chi connectivity index (χ0) is 15.6. The van der Waals surface area contributed by atoms with Crippen LogP contribution in [0.25, 0.3) is 0 Å². The molecule has 1 heterocycles. The summed E-state index contributed by atoms with van der Waals surface area (Å²) in [5.41, 5.74) is 7.41. The van der Waals surface area contributed by atoms with Crippen molar-refractivity contribution < 1.29 is 8.42 Å². The van der Waals surface area contributed by atoms with Gasteiger partial charge in [-0.15, -0.1) is 0 Å². The van der Waals surface area contributed by atoms with E-state index in [2.05, 4.69) is 9.82 Å². The van der Waals surface area contributed by atoms with Crippen LogP contribution in [0.5, 0.6) is 0 Å². The van der Waals surface area contributed by atoms with Crippen molar-refractivity contribution in [3.8, 4) is 0 Å². The summed E-state index contributed by atoms with van der Waals surface area (Å²) >= 11 is 6.04. The van der Waals surface area contributed by atoms with Crippen LogP contribution >= 0.6 is 11.6 Å². The Morgan fingerprint density at radius 1 is 1.43 bits per heavy atom. The fraction of sp³-hybridized carbons (Fsp3) is 0.308. The van der Waals surface area contributed by atoms with Gasteiger partial charge in [-0.2, -0.15) is 5.10 Å². The number of aromatic nitrogens is 2. The van der Waals surface area contributed by atoms with E-state index in [9.17, 15) is 8.42 Å². The lowest BCUT2D eigenvalue weighted by atomic mass is 10.2. The lowest BCUT2D eigenvalue weighted by Gasteiger charge is -2.10. The lowest BCUT2D eigenvalue weighted by molar-refractivity contribution is 0.601. The number of halogens is 1. The summed E-state index contributed by atoms with van der Waals surface area (Å²) in [6, 6.07) is 4.65. The molecule has 6 nitrogen and oxygen atoms in total. The summed E-state index contributed by atoms with van der Waals surface area (Å²) in [5.74, 6) is 0. The summed E-state index contributed by atoms with van der Waals surface area (Å²) in [7, 11) is -2.03. The summed E-state index contributed by atoms with van der Waals surface area (Å²) < 4.78 is 29.0. The van der Waals surface area contributed by atoms with Crippen LogP contribution in [0.1, 0.15) is 18.2 Å². The van der Waals surface area contributed by atoms with Gasteiger partial charge in [0.1, 0.15) is 4.90 Å². The molecule has 0 unspecified atom stereocenters. The van der Waals surface area contributed by atoms with Crippen LogP contribution in [0.3, 0.4) is 0 Å². The molecule has 0 spiro atoms. The molecule has 0 saturated heterocycles. The molecule has 0 aliphatic heterocycles. The van der Waals surface area contributed by atoms with Gasteiger partial charge < -0.3 is 5.73 Å². The molecule has 21 heavy (non-hydrogen) atoms. The normalized spacial score (nSPS) is 11.6. The Hall–Kier alpha value is -1.57. The smallest absolute Gasteiger partial charge is 0.263 e. The molecular weight excluding hydrogens is 312 g/mol. The number of anilines is 1. The van der Waals surface area contributed by atoms with E-state index in [1.807, 2.05) is 6.92 Å². The minimum atomic E-state index is -3.76. The van der Waals surface area contributed by atoms with Crippen molar-refractivity contribution in [1.82, 2.24) is 9.78 Å². The van der Waals surface area contributed by atoms with Crippen molar-refractivity contribution >= 4 is 27.3 Å². The molecule has 0 bridgehead atoms. The summed E-state index contributed by atoms with van der Waals surface area (Å²) in [6.07, 6.45) is 2.25. The number of aryl methyl sites for hydroxylation is 2. The van der Waals surface area contributed by atoms with Gasteiger partial charge >= 0.3 is 0 Å². The SMILES string of the molecule is CCc1nn(C)cc1NS(=O)(=O)c1ccc(CN)cc1Cl. The summed E-state index contributed by atoms with van der Waals surface area (Å²) in [6.45, 7) is 2.21. The molecule has 0 aliphatic rings. The lowest BCUT2D eigenvalue weighted by Crippen LogP contribution is -2.14. The van der Waals surface area contributed by atoms with E-state index in [1.165, 1.54) is 6.07 Å². The van der Waals surface area contributed by atoms with Gasteiger partial charge in [-0.25, -0.2) is 8.42 Å². The van der Waals surface area contributed by atoms with Crippen molar-refractivity contribution in [3.63, 3.8) is 0 Å². The van der Waals surface area contributed by atoms with Crippen LogP contribution in [0.2, 0.25) is 5.02 Å². The van der Waals surface area contributed by atoms with E-state index in [0.29, 0.717) is 24.3 Å². The van der Waals surface area contributed by atoms with Crippen LogP contribution in [0.4, 0.5) is 5.69 Å². The number of hydrogen-bond donors (Lipinski definition) is 2. The monoisotopic (exact) mass is 328 g/mol. The van der Waals surface area contributed by atoms with E-state index in [1.54, 1.807) is 30.1 Å². The molecule has 0 aliphatic carbocycles. The van der Waals surface area contributed by atoms with Crippen molar-refractivity contribution in [2.75, 3.05) is 4.72 Å². The highest BCUT2D eigenvalue weighted by Gasteiger charge is 2.20. The molecule has 0 fully saturated rings. The van der Waals surface area contributed by atoms with Gasteiger partial charge in [-0.3, -0.25) is 9.40 Å². The molecule has 3 N–H and O–H groups in total. The average molecular weight is 329 g/mol. The third-order valence-electron chi connectivity index (χ3n) is 3.01. The van der Waals surface area contributed by atoms with Crippen LogP contribution in [-0.2, 0) is 30.0 Å². The second-order valence-corrected chi connectivity index (χ2v) is 6.65. The standard InChI is InChI=1S/C13H17ClN4O2S/c1-3-11-12(8-18(2)16-11)17-21(19,20)13-5-4-9(7-15)6-10(13)14/h4-6,8,17H,3,7,15H2,1-2H3. The largest absolute Gasteiger partial charge is 0.326 e. The Kier molecular flexibility index (Phi) is 4.55. The molecule has 8 heteroatoms. The minimum Gasteiger partial charge on any atom is -0.326 e. The molecule has 0 amide bonds. The molecule has 0 radical (unpaired) electrons. The Labute approximate surface area is 129 Å². The zero-order valence-corrected chi connectivity index (χ0v) is 13.4. The molecule has 0 atom stereocenters. The second-order valence-electron chi connectivity index (χ2n) is 4.59. The molecule has 0 saturated carbocycles. The highest BCUT2D eigenvalue weighted by atomic mass is 35.5. The maximum absolute atomic E-state index is 12.4. The first-order valence-electron chi connectivity index (χ1n) is 6.41. The van der Waals surface area contributed by atoms with Gasteiger partial charge in [0.15, 0.2) is 0 Å². The van der Waals surface area contributed by atoms with Crippen molar-refractivity contribution in [1.29, 1.82) is 0 Å². The van der Waals surface area contributed by atoms with Crippen LogP contribution in [-0.4, -0.2) is 18.2 Å². The fourth-order valence-electron chi connectivity index (χ4n) is 1.97. The molecule has 1 aromatic carbocycles. The Bertz CT molecular complexity index is 756. The quantitative estimate of drug-likeness (QED) is 0.877. The topological polar surface area (TPSA) is 90.0 Å². The van der Waals surface area contributed by atoms with Gasteiger partial charge in [0.05, 0.1) is 16.4 Å². The van der Waals surface area contributed by atoms with Crippen LogP contribution in [0.15, 0.2) is 29.3 Å². The number of benzene rings is 1. The van der Waals surface area contributed by atoms with Crippen molar-refractivity contribution in [2.45, 2.75) is 24.8 Å². The number of rotatable bonds is 5. The molecule has 114 valence electrons. The second kappa shape index (κ2) is 6.05. The van der Waals surface area contributed by atoms with Crippen molar-refractivity contribution in [2.24, 2.45) is 12.8 Å². The summed E-state index contributed by atoms with van der Waals surface area (Å²) in [4.78, 5) is 0.0206. The number of hydrogen-bond acceptors (Lipinski definition) is 4. The first-order chi connectivity index (χ1) is 9.87. The fourth-order valence-corrected chi connectivity index (χ4v) is 3.61. The Morgan fingerprint density at radius 3 is 2.71 bits per heavy atom. The number of nitrogens with two attached hydrogens (primary N) is 1. The molecule has 1 aromatic heterocycles. The van der Waals surface area contributed by atoms with Crippen LogP contribution < -0.4 is 10.5 Å². The van der Waals surface area contributed by atoms with Gasteiger partial charge in [0.25, 0.3) is 10.0 Å². The maximum atomic E-state index is 12.4. The molecular formula is C13H17ClN4O2S. The predicted octanol–water partition coefficient (Wildman–Crippen LogP) is 1.90. The van der Waals surface area contributed by atoms with E-state index in [-0.39, 0.29) is 9.92 Å². The first kappa shape index (κ1) is 15.8. The molecule has 2 rings (SSSR count). The zero-order valence-electron chi connectivity index (χ0n) is 11.8. The van der Waals surface area contributed by atoms with Gasteiger partial charge in [0, 0.05) is 19.8 Å². The van der Waals surface area contributed by atoms with Crippen molar-refractivity contribution in [3.05, 3.63) is 40.7 Å². The van der Waals surface area contributed by atoms with Crippen LogP contribution in [0, 0.1) is 0 Å². The highest BCUT2D eigenvalue weighted by Crippen LogP contribution is 2.26. The van der Waals surface area contributed by atoms with Gasteiger partial charge in [-0.1, -0.05) is 24.6 Å². The number of nitrogens with zero attached hydrogens (tertiary/aromatic N) is 2. The third-order valence-corrected chi connectivity index (χ3v) is 4.85. The molecule has 2 aromatic rings. The summed E-state index contributed by atoms with van der Waals surface area (Å²) in [5, 5.41) is 4.34. The van der Waals surface area contributed by atoms with E-state index >= 15 is 0 Å².